The van der Waals surface area contributed by atoms with E-state index in [0.29, 0.717) is 6.04 Å². The van der Waals surface area contributed by atoms with Crippen LogP contribution in [0.4, 0.5) is 0 Å². The van der Waals surface area contributed by atoms with E-state index in [9.17, 15) is 0 Å². The molecule has 1 aliphatic rings. The fourth-order valence-corrected chi connectivity index (χ4v) is 2.55. The van der Waals surface area contributed by atoms with Crippen LogP contribution in [-0.4, -0.2) is 19.5 Å². The average Bonchev–Trinajstić information content (AvgIpc) is 3.21. The van der Waals surface area contributed by atoms with E-state index in [1.807, 2.05) is 18.2 Å². The van der Waals surface area contributed by atoms with Gasteiger partial charge in [-0.05, 0) is 31.0 Å². The Hall–Kier alpha value is -1.94. The lowest BCUT2D eigenvalue weighted by Crippen LogP contribution is -1.98. The number of hydrogen-bond donors (Lipinski definition) is 0. The topological polar surface area (TPSA) is 43.6 Å². The number of fused-ring (bicyclic) bond motifs is 1. The summed E-state index contributed by atoms with van der Waals surface area (Å²) < 4.78 is 2.26. The minimum Gasteiger partial charge on any atom is -0.321 e. The predicted molar refractivity (Wildman–Crippen MR) is 74.0 cm³/mol. The summed E-state index contributed by atoms with van der Waals surface area (Å²) in [5.74, 6) is 0.931. The van der Waals surface area contributed by atoms with E-state index >= 15 is 0 Å². The molecule has 1 aliphatic carbocycles. The zero-order chi connectivity index (χ0) is 12.8. The fraction of sp³-hybridized carbons (Fsp3) is 0.214. The normalized spacial score (nSPS) is 15.0. The zero-order valence-electron chi connectivity index (χ0n) is 10.1. The number of halogens is 1. The number of aromatic nitrogens is 4. The summed E-state index contributed by atoms with van der Waals surface area (Å²) in [6.45, 7) is 0. The minimum atomic E-state index is 0.527. The van der Waals surface area contributed by atoms with E-state index in [0.717, 1.165) is 27.4 Å². The molecular weight excluding hydrogens is 260 g/mol. The van der Waals surface area contributed by atoms with Gasteiger partial charge in [0.2, 0.25) is 0 Å². The van der Waals surface area contributed by atoms with Crippen LogP contribution in [0.15, 0.2) is 36.9 Å². The predicted octanol–water partition coefficient (Wildman–Crippen LogP) is 3.48. The van der Waals surface area contributed by atoms with E-state index in [1.165, 1.54) is 19.2 Å². The number of nitrogens with zero attached hydrogens (tertiary/aromatic N) is 4. The van der Waals surface area contributed by atoms with Gasteiger partial charge in [0.1, 0.15) is 12.2 Å². The molecule has 4 rings (SSSR count). The maximum Gasteiger partial charge on any atom is 0.144 e. The van der Waals surface area contributed by atoms with Crippen molar-refractivity contribution in [2.45, 2.75) is 18.9 Å². The molecule has 3 aromatic rings. The van der Waals surface area contributed by atoms with Gasteiger partial charge in [0.15, 0.2) is 0 Å². The second-order valence-corrected chi connectivity index (χ2v) is 5.23. The van der Waals surface area contributed by atoms with E-state index in [-0.39, 0.29) is 0 Å². The van der Waals surface area contributed by atoms with Crippen molar-refractivity contribution in [2.24, 2.45) is 0 Å². The molecule has 2 aromatic heterocycles. The summed E-state index contributed by atoms with van der Waals surface area (Å²) in [4.78, 5) is 12.9. The molecule has 0 atom stereocenters. The molecule has 1 fully saturated rings. The summed E-state index contributed by atoms with van der Waals surface area (Å²) in [6, 6.07) is 6.34. The molecular formula is C14H11ClN4. The quantitative estimate of drug-likeness (QED) is 0.716. The highest BCUT2D eigenvalue weighted by Gasteiger charge is 2.28. The first-order chi connectivity index (χ1) is 9.33. The number of rotatable bonds is 2. The Bertz CT molecular complexity index is 747. The third-order valence-corrected chi connectivity index (χ3v) is 3.62. The standard InChI is InChI=1S/C14H11ClN4/c15-10-1-4-12-13(5-10)19(11-2-3-11)14(18-12)9-6-16-8-17-7-9/h1,4-8,11H,2-3H2. The van der Waals surface area contributed by atoms with Gasteiger partial charge >= 0.3 is 0 Å². The minimum absolute atomic E-state index is 0.527. The number of hydrogen-bond acceptors (Lipinski definition) is 3. The van der Waals surface area contributed by atoms with Gasteiger partial charge in [-0.2, -0.15) is 0 Å². The van der Waals surface area contributed by atoms with Crippen molar-refractivity contribution in [1.82, 2.24) is 19.5 Å². The maximum atomic E-state index is 6.11. The second-order valence-electron chi connectivity index (χ2n) is 4.80. The molecule has 0 N–H and O–H groups in total. The molecule has 94 valence electrons. The lowest BCUT2D eigenvalue weighted by atomic mass is 10.3. The molecule has 5 heteroatoms. The molecule has 0 saturated heterocycles. The molecule has 0 spiro atoms. The van der Waals surface area contributed by atoms with Crippen molar-refractivity contribution >= 4 is 22.6 Å². The van der Waals surface area contributed by atoms with E-state index < -0.39 is 0 Å². The molecule has 19 heavy (non-hydrogen) atoms. The molecule has 4 nitrogen and oxygen atoms in total. The lowest BCUT2D eigenvalue weighted by Gasteiger charge is -2.06. The van der Waals surface area contributed by atoms with Crippen molar-refractivity contribution in [3.8, 4) is 11.4 Å². The Morgan fingerprint density at radius 2 is 1.95 bits per heavy atom. The van der Waals surface area contributed by atoms with Crippen LogP contribution in [0.2, 0.25) is 5.02 Å². The zero-order valence-corrected chi connectivity index (χ0v) is 10.9. The van der Waals surface area contributed by atoms with Crippen LogP contribution in [0.25, 0.3) is 22.4 Å². The van der Waals surface area contributed by atoms with Crippen molar-refractivity contribution in [1.29, 1.82) is 0 Å². The molecule has 0 bridgehead atoms. The SMILES string of the molecule is Clc1ccc2nc(-c3cncnc3)n(C3CC3)c2c1. The van der Waals surface area contributed by atoms with Crippen molar-refractivity contribution < 1.29 is 0 Å². The van der Waals surface area contributed by atoms with Crippen LogP contribution in [0, 0.1) is 0 Å². The fourth-order valence-electron chi connectivity index (χ4n) is 2.39. The molecule has 1 aromatic carbocycles. The monoisotopic (exact) mass is 270 g/mol. The Balaban J connectivity index is 2.02. The van der Waals surface area contributed by atoms with Gasteiger partial charge < -0.3 is 4.57 Å². The third kappa shape index (κ3) is 1.79. The van der Waals surface area contributed by atoms with Gasteiger partial charge in [0, 0.05) is 23.5 Å². The van der Waals surface area contributed by atoms with Crippen molar-refractivity contribution in [3.05, 3.63) is 41.9 Å². The van der Waals surface area contributed by atoms with E-state index in [1.54, 1.807) is 12.4 Å². The Kier molecular flexibility index (Phi) is 2.32. The Morgan fingerprint density at radius 1 is 1.16 bits per heavy atom. The molecule has 0 aliphatic heterocycles. The van der Waals surface area contributed by atoms with Crippen LogP contribution in [0.1, 0.15) is 18.9 Å². The van der Waals surface area contributed by atoms with Gasteiger partial charge in [0.25, 0.3) is 0 Å². The summed E-state index contributed by atoms with van der Waals surface area (Å²) in [5.41, 5.74) is 3.01. The van der Waals surface area contributed by atoms with Crippen LogP contribution < -0.4 is 0 Å². The molecule has 1 saturated carbocycles. The Morgan fingerprint density at radius 3 is 2.68 bits per heavy atom. The van der Waals surface area contributed by atoms with Crippen LogP contribution in [0.3, 0.4) is 0 Å². The lowest BCUT2D eigenvalue weighted by molar-refractivity contribution is 0.774. The van der Waals surface area contributed by atoms with E-state index in [2.05, 4.69) is 14.5 Å². The van der Waals surface area contributed by atoms with Gasteiger partial charge in [-0.1, -0.05) is 11.6 Å². The molecule has 0 amide bonds. The first kappa shape index (κ1) is 10.9. The third-order valence-electron chi connectivity index (χ3n) is 3.38. The average molecular weight is 271 g/mol. The van der Waals surface area contributed by atoms with Gasteiger partial charge in [-0.25, -0.2) is 15.0 Å². The second kappa shape index (κ2) is 4.03. The van der Waals surface area contributed by atoms with Crippen LogP contribution in [-0.2, 0) is 0 Å². The summed E-state index contributed by atoms with van der Waals surface area (Å²) in [7, 11) is 0. The summed E-state index contributed by atoms with van der Waals surface area (Å²) >= 11 is 6.11. The number of imidazole rings is 1. The van der Waals surface area contributed by atoms with Crippen molar-refractivity contribution in [2.75, 3.05) is 0 Å². The smallest absolute Gasteiger partial charge is 0.144 e. The molecule has 2 heterocycles. The highest BCUT2D eigenvalue weighted by molar-refractivity contribution is 6.31. The van der Waals surface area contributed by atoms with Crippen molar-refractivity contribution in [3.63, 3.8) is 0 Å². The summed E-state index contributed by atoms with van der Waals surface area (Å²) in [6.07, 6.45) is 7.52. The van der Waals surface area contributed by atoms with Gasteiger partial charge in [0.05, 0.1) is 16.6 Å². The maximum absolute atomic E-state index is 6.11. The molecule has 0 radical (unpaired) electrons. The highest BCUT2D eigenvalue weighted by atomic mass is 35.5. The Labute approximate surface area is 115 Å². The summed E-state index contributed by atoms with van der Waals surface area (Å²) in [5, 5.41) is 0.741. The largest absolute Gasteiger partial charge is 0.321 e. The molecule has 0 unspecified atom stereocenters. The van der Waals surface area contributed by atoms with E-state index in [4.69, 9.17) is 16.6 Å². The van der Waals surface area contributed by atoms with Gasteiger partial charge in [-0.3, -0.25) is 0 Å². The van der Waals surface area contributed by atoms with Crippen LogP contribution in [0.5, 0.6) is 0 Å². The first-order valence-electron chi connectivity index (χ1n) is 6.26. The number of benzene rings is 1. The van der Waals surface area contributed by atoms with Gasteiger partial charge in [-0.15, -0.1) is 0 Å². The first-order valence-corrected chi connectivity index (χ1v) is 6.63. The van der Waals surface area contributed by atoms with Crippen LogP contribution >= 0.6 is 11.6 Å². The highest BCUT2D eigenvalue weighted by Crippen LogP contribution is 2.41.